The van der Waals surface area contributed by atoms with E-state index in [-0.39, 0.29) is 0 Å². The number of hydrogen-bond acceptors (Lipinski definition) is 2. The highest BCUT2D eigenvalue weighted by Crippen LogP contribution is 2.15. The molecule has 1 aliphatic heterocycles. The molecule has 0 spiro atoms. The van der Waals surface area contributed by atoms with E-state index in [1.54, 1.807) is 0 Å². The van der Waals surface area contributed by atoms with Crippen LogP contribution in [0, 0.1) is 0 Å². The third kappa shape index (κ3) is 7.05. The Bertz CT molecular complexity index is 170. The van der Waals surface area contributed by atoms with Crippen LogP contribution in [0.15, 0.2) is 0 Å². The average molecular weight is 240 g/mol. The van der Waals surface area contributed by atoms with Crippen molar-refractivity contribution in [1.82, 2.24) is 10.2 Å². The van der Waals surface area contributed by atoms with E-state index < -0.39 is 0 Å². The van der Waals surface area contributed by atoms with Gasteiger partial charge in [-0.25, -0.2) is 0 Å². The average Bonchev–Trinajstić information content (AvgIpc) is 2.53. The van der Waals surface area contributed by atoms with Crippen LogP contribution in [-0.2, 0) is 0 Å². The fourth-order valence-corrected chi connectivity index (χ4v) is 2.69. The number of likely N-dealkylation sites (tertiary alicyclic amines) is 1. The highest BCUT2D eigenvalue weighted by molar-refractivity contribution is 4.72. The Hall–Kier alpha value is -0.0800. The van der Waals surface area contributed by atoms with Crippen LogP contribution in [0.4, 0.5) is 0 Å². The molecule has 0 bridgehead atoms. The van der Waals surface area contributed by atoms with Crippen molar-refractivity contribution in [2.75, 3.05) is 26.2 Å². The molecule has 2 heteroatoms. The molecule has 1 heterocycles. The summed E-state index contributed by atoms with van der Waals surface area (Å²) in [6.07, 6.45) is 11.1. The zero-order chi connectivity index (χ0) is 12.3. The van der Waals surface area contributed by atoms with Crippen LogP contribution >= 0.6 is 0 Å². The normalized spacial score (nSPS) is 22.6. The fraction of sp³-hybridized carbons (Fsp3) is 1.00. The van der Waals surface area contributed by atoms with Gasteiger partial charge in [0.05, 0.1) is 0 Å². The van der Waals surface area contributed by atoms with E-state index in [2.05, 4.69) is 24.1 Å². The summed E-state index contributed by atoms with van der Waals surface area (Å²) in [5, 5.41) is 3.59. The molecule has 1 rings (SSSR count). The molecule has 0 saturated carbocycles. The molecule has 0 amide bonds. The summed E-state index contributed by atoms with van der Waals surface area (Å²) in [7, 11) is 0. The topological polar surface area (TPSA) is 15.3 Å². The molecule has 0 radical (unpaired) electrons. The minimum atomic E-state index is 0.805. The summed E-state index contributed by atoms with van der Waals surface area (Å²) in [5.41, 5.74) is 0. The molecule has 0 aliphatic carbocycles. The van der Waals surface area contributed by atoms with E-state index >= 15 is 0 Å². The molecule has 2 nitrogen and oxygen atoms in total. The molecule has 0 aromatic carbocycles. The number of rotatable bonds is 8. The Morgan fingerprint density at radius 3 is 2.76 bits per heavy atom. The van der Waals surface area contributed by atoms with Crippen LogP contribution in [-0.4, -0.2) is 37.1 Å². The van der Waals surface area contributed by atoms with E-state index in [0.717, 1.165) is 6.04 Å². The first-order valence-corrected chi connectivity index (χ1v) is 7.79. The molecule has 0 aromatic rings. The van der Waals surface area contributed by atoms with Gasteiger partial charge in [0.1, 0.15) is 0 Å². The number of unbranched alkanes of at least 4 members (excludes halogenated alkanes) is 3. The summed E-state index contributed by atoms with van der Waals surface area (Å²) in [6.45, 7) is 9.62. The lowest BCUT2D eigenvalue weighted by Gasteiger charge is -2.26. The Morgan fingerprint density at radius 1 is 1.06 bits per heavy atom. The first-order valence-electron chi connectivity index (χ1n) is 7.79. The largest absolute Gasteiger partial charge is 0.315 e. The molecule has 1 unspecified atom stereocenters. The van der Waals surface area contributed by atoms with Crippen LogP contribution in [0.2, 0.25) is 0 Å². The van der Waals surface area contributed by atoms with Crippen LogP contribution in [0.25, 0.3) is 0 Å². The van der Waals surface area contributed by atoms with Gasteiger partial charge in [0, 0.05) is 19.1 Å². The second kappa shape index (κ2) is 9.90. The van der Waals surface area contributed by atoms with Gasteiger partial charge in [-0.1, -0.05) is 39.0 Å². The predicted molar refractivity (Wildman–Crippen MR) is 76.5 cm³/mol. The fourth-order valence-electron chi connectivity index (χ4n) is 2.69. The van der Waals surface area contributed by atoms with Crippen molar-refractivity contribution in [3.05, 3.63) is 0 Å². The molecule has 1 saturated heterocycles. The monoisotopic (exact) mass is 240 g/mol. The highest BCUT2D eigenvalue weighted by Gasteiger charge is 2.15. The quantitative estimate of drug-likeness (QED) is 0.654. The lowest BCUT2D eigenvalue weighted by Crippen LogP contribution is -2.38. The standard InChI is InChI=1S/C15H32N2/c1-3-4-5-8-11-16-12-14-17-13-9-6-7-10-15(17)2/h15-16H,3-14H2,1-2H3. The Labute approximate surface area is 108 Å². The van der Waals surface area contributed by atoms with Crippen LogP contribution in [0.5, 0.6) is 0 Å². The van der Waals surface area contributed by atoms with Crippen LogP contribution in [0.3, 0.4) is 0 Å². The van der Waals surface area contributed by atoms with Gasteiger partial charge >= 0.3 is 0 Å². The van der Waals surface area contributed by atoms with Gasteiger partial charge in [-0.3, -0.25) is 4.90 Å². The second-order valence-electron chi connectivity index (χ2n) is 5.54. The van der Waals surface area contributed by atoms with Crippen molar-refractivity contribution in [3.63, 3.8) is 0 Å². The molecule has 1 aliphatic rings. The molecule has 0 aromatic heterocycles. The van der Waals surface area contributed by atoms with Gasteiger partial charge in [-0.2, -0.15) is 0 Å². The van der Waals surface area contributed by atoms with E-state index in [1.165, 1.54) is 77.5 Å². The van der Waals surface area contributed by atoms with Gasteiger partial charge < -0.3 is 5.32 Å². The lowest BCUT2D eigenvalue weighted by molar-refractivity contribution is 0.214. The third-order valence-corrected chi connectivity index (χ3v) is 3.97. The van der Waals surface area contributed by atoms with E-state index in [1.807, 2.05) is 0 Å². The predicted octanol–water partition coefficient (Wildman–Crippen LogP) is 3.42. The summed E-state index contributed by atoms with van der Waals surface area (Å²) in [4.78, 5) is 2.67. The SMILES string of the molecule is CCCCCCNCCN1CCCCCC1C. The molecule has 1 N–H and O–H groups in total. The van der Waals surface area contributed by atoms with Crippen molar-refractivity contribution < 1.29 is 0 Å². The molecular weight excluding hydrogens is 208 g/mol. The molecular formula is C15H32N2. The maximum Gasteiger partial charge on any atom is 0.0110 e. The van der Waals surface area contributed by atoms with Crippen molar-refractivity contribution in [2.45, 2.75) is 71.3 Å². The summed E-state index contributed by atoms with van der Waals surface area (Å²) < 4.78 is 0. The van der Waals surface area contributed by atoms with Crippen molar-refractivity contribution in [2.24, 2.45) is 0 Å². The van der Waals surface area contributed by atoms with Gasteiger partial charge in [0.15, 0.2) is 0 Å². The smallest absolute Gasteiger partial charge is 0.0110 e. The van der Waals surface area contributed by atoms with E-state index in [9.17, 15) is 0 Å². The summed E-state index contributed by atoms with van der Waals surface area (Å²) in [5.74, 6) is 0. The number of nitrogens with zero attached hydrogens (tertiary/aromatic N) is 1. The molecule has 17 heavy (non-hydrogen) atoms. The van der Waals surface area contributed by atoms with Crippen LogP contribution in [0.1, 0.15) is 65.2 Å². The molecule has 1 fully saturated rings. The first kappa shape index (κ1) is 15.0. The van der Waals surface area contributed by atoms with E-state index in [4.69, 9.17) is 0 Å². The Balaban J connectivity index is 1.97. The molecule has 102 valence electrons. The van der Waals surface area contributed by atoms with Gasteiger partial charge in [0.25, 0.3) is 0 Å². The maximum absolute atomic E-state index is 3.59. The first-order chi connectivity index (χ1) is 8.34. The molecule has 1 atom stereocenters. The highest BCUT2D eigenvalue weighted by atomic mass is 15.2. The minimum absolute atomic E-state index is 0.805. The Morgan fingerprint density at radius 2 is 1.94 bits per heavy atom. The lowest BCUT2D eigenvalue weighted by atomic mass is 10.1. The van der Waals surface area contributed by atoms with Crippen LogP contribution < -0.4 is 5.32 Å². The second-order valence-corrected chi connectivity index (χ2v) is 5.54. The number of hydrogen-bond donors (Lipinski definition) is 1. The maximum atomic E-state index is 3.59. The van der Waals surface area contributed by atoms with Gasteiger partial charge in [-0.05, 0) is 39.3 Å². The third-order valence-electron chi connectivity index (χ3n) is 3.97. The van der Waals surface area contributed by atoms with Gasteiger partial charge in [-0.15, -0.1) is 0 Å². The minimum Gasteiger partial charge on any atom is -0.315 e. The van der Waals surface area contributed by atoms with Crippen molar-refractivity contribution in [3.8, 4) is 0 Å². The van der Waals surface area contributed by atoms with E-state index in [0.29, 0.717) is 0 Å². The summed E-state index contributed by atoms with van der Waals surface area (Å²) >= 11 is 0. The number of nitrogens with one attached hydrogen (secondary N) is 1. The van der Waals surface area contributed by atoms with Gasteiger partial charge in [0.2, 0.25) is 0 Å². The van der Waals surface area contributed by atoms with Crippen molar-refractivity contribution >= 4 is 0 Å². The Kier molecular flexibility index (Phi) is 8.72. The zero-order valence-corrected chi connectivity index (χ0v) is 12.0. The zero-order valence-electron chi connectivity index (χ0n) is 12.0. The summed E-state index contributed by atoms with van der Waals surface area (Å²) in [6, 6.07) is 0.805. The van der Waals surface area contributed by atoms with Crippen molar-refractivity contribution in [1.29, 1.82) is 0 Å².